The van der Waals surface area contributed by atoms with E-state index in [1.165, 1.54) is 36.7 Å². The van der Waals surface area contributed by atoms with E-state index < -0.39 is 10.8 Å². The van der Waals surface area contributed by atoms with Crippen molar-refractivity contribution in [3.05, 3.63) is 70.0 Å². The molecule has 7 nitrogen and oxygen atoms in total. The third-order valence-corrected chi connectivity index (χ3v) is 2.85. The zero-order chi connectivity index (χ0) is 15.9. The summed E-state index contributed by atoms with van der Waals surface area (Å²) in [5, 5.41) is 22.4. The second-order valence-electron chi connectivity index (χ2n) is 4.37. The van der Waals surface area contributed by atoms with Crippen molar-refractivity contribution in [3.8, 4) is 0 Å². The van der Waals surface area contributed by atoms with Gasteiger partial charge in [0.05, 0.1) is 23.4 Å². The molecule has 1 aromatic carbocycles. The minimum atomic E-state index is -0.499. The monoisotopic (exact) mass is 299 g/mol. The summed E-state index contributed by atoms with van der Waals surface area (Å²) >= 11 is 0. The highest BCUT2D eigenvalue weighted by Crippen LogP contribution is 2.15. The van der Waals surface area contributed by atoms with Gasteiger partial charge >= 0.3 is 0 Å². The summed E-state index contributed by atoms with van der Waals surface area (Å²) in [5.41, 5.74) is 1.46. The Labute approximate surface area is 126 Å². The van der Waals surface area contributed by atoms with Gasteiger partial charge in [0.15, 0.2) is 0 Å². The van der Waals surface area contributed by atoms with Gasteiger partial charge in [0, 0.05) is 30.0 Å². The number of carbonyl (C=O) groups excluding carboxylic acids is 1. The van der Waals surface area contributed by atoms with Crippen LogP contribution in [0.1, 0.15) is 11.1 Å². The number of nitro benzene ring substituents is 1. The van der Waals surface area contributed by atoms with Gasteiger partial charge in [-0.05, 0) is 17.7 Å². The van der Waals surface area contributed by atoms with Crippen LogP contribution in [0.25, 0.3) is 6.08 Å². The van der Waals surface area contributed by atoms with Gasteiger partial charge in [0.25, 0.3) is 5.69 Å². The Hall–Kier alpha value is -3.06. The second-order valence-corrected chi connectivity index (χ2v) is 4.37. The number of nitrogens with one attached hydrogen (secondary N) is 1. The van der Waals surface area contributed by atoms with Crippen LogP contribution in [0.5, 0.6) is 0 Å². The molecular weight excluding hydrogens is 286 g/mol. The Morgan fingerprint density at radius 2 is 2.23 bits per heavy atom. The van der Waals surface area contributed by atoms with Gasteiger partial charge in [-0.25, -0.2) is 0 Å². The van der Waals surface area contributed by atoms with Crippen LogP contribution in [0.2, 0.25) is 0 Å². The van der Waals surface area contributed by atoms with E-state index in [0.29, 0.717) is 16.8 Å². The third-order valence-electron chi connectivity index (χ3n) is 2.85. The summed E-state index contributed by atoms with van der Waals surface area (Å²) in [7, 11) is 0. The van der Waals surface area contributed by atoms with Crippen molar-refractivity contribution in [1.82, 2.24) is 4.98 Å². The molecular formula is C15H13N3O4. The number of anilines is 1. The van der Waals surface area contributed by atoms with E-state index in [1.54, 1.807) is 18.2 Å². The molecule has 0 spiro atoms. The van der Waals surface area contributed by atoms with E-state index >= 15 is 0 Å². The number of aliphatic hydroxyl groups excluding tert-OH is 1. The standard InChI is InChI=1S/C15H13N3O4/c19-10-12-6-7-16-9-14(12)17-15(20)5-4-11-2-1-3-13(8-11)18(21)22/h1-9,19H,10H2,(H,17,20)/b5-4+. The summed E-state index contributed by atoms with van der Waals surface area (Å²) in [6, 6.07) is 7.54. The number of aromatic nitrogens is 1. The first-order valence-corrected chi connectivity index (χ1v) is 6.37. The number of carbonyl (C=O) groups is 1. The first-order valence-electron chi connectivity index (χ1n) is 6.37. The van der Waals surface area contributed by atoms with E-state index in [2.05, 4.69) is 10.3 Å². The molecule has 0 aliphatic heterocycles. The molecule has 1 aromatic heterocycles. The minimum absolute atomic E-state index is 0.0441. The molecule has 1 heterocycles. The predicted molar refractivity (Wildman–Crippen MR) is 80.9 cm³/mol. The smallest absolute Gasteiger partial charge is 0.270 e. The van der Waals surface area contributed by atoms with Gasteiger partial charge < -0.3 is 10.4 Å². The molecule has 0 aliphatic rings. The molecule has 22 heavy (non-hydrogen) atoms. The number of amides is 1. The van der Waals surface area contributed by atoms with E-state index in [4.69, 9.17) is 5.11 Å². The molecule has 112 valence electrons. The highest BCUT2D eigenvalue weighted by Gasteiger charge is 2.05. The number of pyridine rings is 1. The van der Waals surface area contributed by atoms with Crippen LogP contribution < -0.4 is 5.32 Å². The molecule has 2 rings (SSSR count). The third kappa shape index (κ3) is 3.97. The van der Waals surface area contributed by atoms with E-state index in [9.17, 15) is 14.9 Å². The molecule has 0 bridgehead atoms. The number of nitrogens with zero attached hydrogens (tertiary/aromatic N) is 2. The lowest BCUT2D eigenvalue weighted by Crippen LogP contribution is -2.10. The number of nitro groups is 1. The quantitative estimate of drug-likeness (QED) is 0.500. The van der Waals surface area contributed by atoms with Gasteiger partial charge in [-0.3, -0.25) is 19.9 Å². The fraction of sp³-hybridized carbons (Fsp3) is 0.0667. The highest BCUT2D eigenvalue weighted by atomic mass is 16.6. The highest BCUT2D eigenvalue weighted by molar-refractivity contribution is 6.02. The van der Waals surface area contributed by atoms with E-state index in [-0.39, 0.29) is 12.3 Å². The lowest BCUT2D eigenvalue weighted by atomic mass is 10.2. The molecule has 0 radical (unpaired) electrons. The van der Waals surface area contributed by atoms with Crippen LogP contribution in [0.15, 0.2) is 48.8 Å². The van der Waals surface area contributed by atoms with E-state index in [0.717, 1.165) is 0 Å². The number of hydrogen-bond acceptors (Lipinski definition) is 5. The van der Waals surface area contributed by atoms with Crippen LogP contribution >= 0.6 is 0 Å². The Bertz CT molecular complexity index is 728. The first kappa shape index (κ1) is 15.3. The Balaban J connectivity index is 2.08. The summed E-state index contributed by atoms with van der Waals surface area (Å²) < 4.78 is 0. The maximum absolute atomic E-state index is 11.8. The molecule has 0 saturated heterocycles. The predicted octanol–water partition coefficient (Wildman–Crippen LogP) is 2.13. The lowest BCUT2D eigenvalue weighted by molar-refractivity contribution is -0.384. The topological polar surface area (TPSA) is 105 Å². The molecule has 0 unspecified atom stereocenters. The Morgan fingerprint density at radius 3 is 2.95 bits per heavy atom. The number of aliphatic hydroxyl groups is 1. The van der Waals surface area contributed by atoms with Gasteiger partial charge in [-0.15, -0.1) is 0 Å². The lowest BCUT2D eigenvalue weighted by Gasteiger charge is -2.06. The van der Waals surface area contributed by atoms with Crippen molar-refractivity contribution in [1.29, 1.82) is 0 Å². The number of benzene rings is 1. The van der Waals surface area contributed by atoms with Crippen molar-refractivity contribution < 1.29 is 14.8 Å². The first-order chi connectivity index (χ1) is 10.6. The number of hydrogen-bond donors (Lipinski definition) is 2. The van der Waals surface area contributed by atoms with Crippen molar-refractivity contribution in [2.45, 2.75) is 6.61 Å². The maximum Gasteiger partial charge on any atom is 0.270 e. The molecule has 0 saturated carbocycles. The van der Waals surface area contributed by atoms with Crippen molar-refractivity contribution in [2.24, 2.45) is 0 Å². The molecule has 2 aromatic rings. The molecule has 0 aliphatic carbocycles. The van der Waals surface area contributed by atoms with Crippen LogP contribution in [0.4, 0.5) is 11.4 Å². The SMILES string of the molecule is O=C(/C=C/c1cccc([N+](=O)[O-])c1)Nc1cnccc1CO. The average Bonchev–Trinajstić information content (AvgIpc) is 2.53. The largest absolute Gasteiger partial charge is 0.392 e. The van der Waals surface area contributed by atoms with Gasteiger partial charge in [-0.1, -0.05) is 12.1 Å². The van der Waals surface area contributed by atoms with Crippen LogP contribution in [-0.2, 0) is 11.4 Å². The normalized spacial score (nSPS) is 10.6. The fourth-order valence-electron chi connectivity index (χ4n) is 1.76. The summed E-state index contributed by atoms with van der Waals surface area (Å²) in [6.45, 7) is -0.216. The van der Waals surface area contributed by atoms with Crippen molar-refractivity contribution >= 4 is 23.4 Å². The number of rotatable bonds is 5. The van der Waals surface area contributed by atoms with E-state index in [1.807, 2.05) is 0 Å². The van der Waals surface area contributed by atoms with Crippen molar-refractivity contribution in [2.75, 3.05) is 5.32 Å². The summed E-state index contributed by atoms with van der Waals surface area (Å²) in [6.07, 6.45) is 5.68. The number of non-ortho nitro benzene ring substituents is 1. The Kier molecular flexibility index (Phi) is 4.94. The molecule has 1 amide bonds. The molecule has 0 fully saturated rings. The second kappa shape index (κ2) is 7.09. The molecule has 2 N–H and O–H groups in total. The van der Waals surface area contributed by atoms with Gasteiger partial charge in [0.1, 0.15) is 0 Å². The average molecular weight is 299 g/mol. The summed E-state index contributed by atoms with van der Waals surface area (Å²) in [4.78, 5) is 25.9. The summed E-state index contributed by atoms with van der Waals surface area (Å²) in [5.74, 6) is -0.422. The maximum atomic E-state index is 11.8. The van der Waals surface area contributed by atoms with Crippen molar-refractivity contribution in [3.63, 3.8) is 0 Å². The van der Waals surface area contributed by atoms with Gasteiger partial charge in [-0.2, -0.15) is 0 Å². The van der Waals surface area contributed by atoms with Gasteiger partial charge in [0.2, 0.25) is 5.91 Å². The zero-order valence-electron chi connectivity index (χ0n) is 11.5. The minimum Gasteiger partial charge on any atom is -0.392 e. The van der Waals surface area contributed by atoms with Crippen LogP contribution in [0, 0.1) is 10.1 Å². The Morgan fingerprint density at radius 1 is 1.41 bits per heavy atom. The molecule has 0 atom stereocenters. The zero-order valence-corrected chi connectivity index (χ0v) is 11.5. The van der Waals surface area contributed by atoms with Crippen LogP contribution in [0.3, 0.4) is 0 Å². The fourth-order valence-corrected chi connectivity index (χ4v) is 1.76. The molecule has 7 heteroatoms. The van der Waals surface area contributed by atoms with Crippen LogP contribution in [-0.4, -0.2) is 20.9 Å².